The topological polar surface area (TPSA) is 37.3 Å². The van der Waals surface area contributed by atoms with Crippen LogP contribution in [0.1, 0.15) is 10.4 Å². The van der Waals surface area contributed by atoms with Crippen molar-refractivity contribution in [1.82, 2.24) is 0 Å². The molecule has 2 aromatic rings. The van der Waals surface area contributed by atoms with Gasteiger partial charge in [0.05, 0.1) is 5.56 Å². The van der Waals surface area contributed by atoms with Gasteiger partial charge in [0.2, 0.25) is 0 Å². The number of fused-ring (bicyclic) bond motifs is 1. The van der Waals surface area contributed by atoms with Gasteiger partial charge in [0, 0.05) is 0 Å². The van der Waals surface area contributed by atoms with Crippen LogP contribution >= 0.6 is 0 Å². The number of hydrogen-bond acceptors (Lipinski definition) is 2. The number of rotatable bonds is 1. The van der Waals surface area contributed by atoms with Crippen molar-refractivity contribution < 1.29 is 9.90 Å². The Kier molecular flexibility index (Phi) is 2.00. The molecule has 0 aliphatic heterocycles. The van der Waals surface area contributed by atoms with Crippen LogP contribution in [0.2, 0.25) is 0 Å². The predicted octanol–water partition coefficient (Wildman–Crippen LogP) is 1.32. The van der Waals surface area contributed by atoms with E-state index in [1.54, 1.807) is 12.1 Å². The first-order chi connectivity index (χ1) is 6.70. The number of phenolic OH excluding ortho intramolecular Hbond substituents is 1. The van der Waals surface area contributed by atoms with E-state index < -0.39 is 0 Å². The number of benzene rings is 2. The predicted molar refractivity (Wildman–Crippen MR) is 58.5 cm³/mol. The molecule has 68 valence electrons. The highest BCUT2D eigenvalue weighted by Crippen LogP contribution is 2.26. The largest absolute Gasteiger partial charge is 0.507 e. The second-order valence-corrected chi connectivity index (χ2v) is 3.24. The Labute approximate surface area is 82.6 Å². The van der Waals surface area contributed by atoms with E-state index in [2.05, 4.69) is 0 Å². The molecule has 0 spiro atoms. The fourth-order valence-corrected chi connectivity index (χ4v) is 1.63. The fourth-order valence-electron chi connectivity index (χ4n) is 1.63. The Hall–Kier alpha value is -1.77. The highest BCUT2D eigenvalue weighted by Gasteiger charge is 2.09. The lowest BCUT2D eigenvalue weighted by atomic mass is 9.90. The second-order valence-electron chi connectivity index (χ2n) is 3.24. The molecular formula is C11H9BO2. The molecule has 3 heteroatoms. The first-order valence-electron chi connectivity index (χ1n) is 4.42. The Bertz CT molecular complexity index is 506. The smallest absolute Gasteiger partial charge is 0.193 e. The van der Waals surface area contributed by atoms with E-state index in [-0.39, 0.29) is 11.4 Å². The SMILES string of the molecule is BC(=O)c1c(O)ccc2ccccc12. The first kappa shape index (κ1) is 8.82. The Morgan fingerprint density at radius 3 is 2.57 bits per heavy atom. The molecule has 0 saturated carbocycles. The summed E-state index contributed by atoms with van der Waals surface area (Å²) in [7, 11) is 1.46. The molecule has 2 nitrogen and oxygen atoms in total. The lowest BCUT2D eigenvalue weighted by Crippen LogP contribution is -1.98. The Morgan fingerprint density at radius 2 is 1.86 bits per heavy atom. The van der Waals surface area contributed by atoms with Gasteiger partial charge in [-0.15, -0.1) is 0 Å². The zero-order chi connectivity index (χ0) is 10.1. The monoisotopic (exact) mass is 184 g/mol. The third kappa shape index (κ3) is 1.27. The van der Waals surface area contributed by atoms with Gasteiger partial charge in [0.1, 0.15) is 11.4 Å². The van der Waals surface area contributed by atoms with Crippen molar-refractivity contribution in [1.29, 1.82) is 0 Å². The minimum Gasteiger partial charge on any atom is -0.507 e. The third-order valence-corrected chi connectivity index (χ3v) is 2.26. The maximum Gasteiger partial charge on any atom is 0.193 e. The van der Waals surface area contributed by atoms with E-state index in [1.807, 2.05) is 24.3 Å². The van der Waals surface area contributed by atoms with Crippen LogP contribution in [0.15, 0.2) is 36.4 Å². The summed E-state index contributed by atoms with van der Waals surface area (Å²) in [4.78, 5) is 11.3. The zero-order valence-corrected chi connectivity index (χ0v) is 7.82. The van der Waals surface area contributed by atoms with Crippen LogP contribution in [0.5, 0.6) is 5.75 Å². The Balaban J connectivity index is 2.90. The third-order valence-electron chi connectivity index (χ3n) is 2.26. The van der Waals surface area contributed by atoms with Crippen molar-refractivity contribution >= 4 is 24.3 Å². The molecule has 1 N–H and O–H groups in total. The van der Waals surface area contributed by atoms with E-state index in [1.165, 1.54) is 7.85 Å². The van der Waals surface area contributed by atoms with Crippen molar-refractivity contribution in [2.75, 3.05) is 0 Å². The van der Waals surface area contributed by atoms with Crippen LogP contribution < -0.4 is 0 Å². The van der Waals surface area contributed by atoms with Crippen molar-refractivity contribution in [3.8, 4) is 5.75 Å². The first-order valence-corrected chi connectivity index (χ1v) is 4.42. The zero-order valence-electron chi connectivity index (χ0n) is 7.82. The van der Waals surface area contributed by atoms with Crippen molar-refractivity contribution in [2.24, 2.45) is 0 Å². The van der Waals surface area contributed by atoms with E-state index in [0.29, 0.717) is 5.56 Å². The highest BCUT2D eigenvalue weighted by atomic mass is 16.3. The molecule has 14 heavy (non-hydrogen) atoms. The van der Waals surface area contributed by atoms with Gasteiger partial charge in [0.15, 0.2) is 7.85 Å². The van der Waals surface area contributed by atoms with Crippen molar-refractivity contribution in [2.45, 2.75) is 0 Å². The average molecular weight is 184 g/mol. The quantitative estimate of drug-likeness (QED) is 0.678. The molecule has 0 radical (unpaired) electrons. The lowest BCUT2D eigenvalue weighted by Gasteiger charge is -2.05. The summed E-state index contributed by atoms with van der Waals surface area (Å²) in [5, 5.41) is 11.3. The summed E-state index contributed by atoms with van der Waals surface area (Å²) in [5.74, 6) is 0.0520. The van der Waals surface area contributed by atoms with Crippen molar-refractivity contribution in [3.05, 3.63) is 42.0 Å². The standard InChI is InChI=1S/C11H9BO2/c12-11(14)10-8-4-2-1-3-7(8)5-6-9(10)13/h1-6,13H,12H2. The van der Waals surface area contributed by atoms with Gasteiger partial charge in [-0.25, -0.2) is 0 Å². The van der Waals surface area contributed by atoms with Gasteiger partial charge in [-0.1, -0.05) is 30.3 Å². The van der Waals surface area contributed by atoms with Gasteiger partial charge in [-0.3, -0.25) is 0 Å². The van der Waals surface area contributed by atoms with Gasteiger partial charge >= 0.3 is 0 Å². The Morgan fingerprint density at radius 1 is 1.14 bits per heavy atom. The molecule has 2 aromatic carbocycles. The van der Waals surface area contributed by atoms with Crippen molar-refractivity contribution in [3.63, 3.8) is 0 Å². The van der Waals surface area contributed by atoms with Gasteiger partial charge < -0.3 is 9.90 Å². The molecule has 0 heterocycles. The molecule has 0 aliphatic rings. The summed E-state index contributed by atoms with van der Waals surface area (Å²) < 4.78 is 0. The van der Waals surface area contributed by atoms with Crippen LogP contribution in [-0.2, 0) is 0 Å². The van der Waals surface area contributed by atoms with E-state index in [9.17, 15) is 9.90 Å². The summed E-state index contributed by atoms with van der Waals surface area (Å²) in [6.07, 6.45) is 0. The van der Waals surface area contributed by atoms with Crippen LogP contribution in [0, 0.1) is 0 Å². The molecule has 0 amide bonds. The minimum atomic E-state index is -0.112. The van der Waals surface area contributed by atoms with E-state index in [0.717, 1.165) is 10.8 Å². The van der Waals surface area contributed by atoms with Gasteiger partial charge in [-0.2, -0.15) is 0 Å². The summed E-state index contributed by atoms with van der Waals surface area (Å²) in [6.45, 7) is 0. The molecule has 0 fully saturated rings. The number of carbonyl (C=O) groups excluding carboxylic acids is 1. The average Bonchev–Trinajstić information content (AvgIpc) is 2.17. The molecule has 0 unspecified atom stereocenters. The van der Waals surface area contributed by atoms with Gasteiger partial charge in [-0.05, 0) is 16.8 Å². The molecule has 0 atom stereocenters. The number of phenols is 1. The minimum absolute atomic E-state index is 0.0520. The summed E-state index contributed by atoms with van der Waals surface area (Å²) in [6, 6.07) is 10.9. The van der Waals surface area contributed by atoms with Gasteiger partial charge in [0.25, 0.3) is 0 Å². The molecule has 0 aliphatic carbocycles. The molecule has 2 rings (SSSR count). The molecular weight excluding hydrogens is 175 g/mol. The van der Waals surface area contributed by atoms with Crippen LogP contribution in [0.4, 0.5) is 0 Å². The number of aromatic hydroxyl groups is 1. The molecule has 0 saturated heterocycles. The highest BCUT2D eigenvalue weighted by molar-refractivity contribution is 6.63. The van der Waals surface area contributed by atoms with Crippen LogP contribution in [0.25, 0.3) is 10.8 Å². The van der Waals surface area contributed by atoms with Crippen LogP contribution in [-0.4, -0.2) is 18.6 Å². The lowest BCUT2D eigenvalue weighted by molar-refractivity contribution is 0.108. The van der Waals surface area contributed by atoms with E-state index >= 15 is 0 Å². The fraction of sp³-hybridized carbons (Fsp3) is 0. The molecule has 0 aromatic heterocycles. The summed E-state index contributed by atoms with van der Waals surface area (Å²) in [5.41, 5.74) is 0.294. The second kappa shape index (κ2) is 3.18. The maximum absolute atomic E-state index is 11.3. The van der Waals surface area contributed by atoms with E-state index in [4.69, 9.17) is 0 Å². The number of hydrogen-bond donors (Lipinski definition) is 1. The van der Waals surface area contributed by atoms with Crippen LogP contribution in [0.3, 0.4) is 0 Å². The maximum atomic E-state index is 11.3. The summed E-state index contributed by atoms with van der Waals surface area (Å²) >= 11 is 0. The number of carbonyl (C=O) groups is 1. The molecule has 0 bridgehead atoms. The normalized spacial score (nSPS) is 10.3.